The second-order valence-corrected chi connectivity index (χ2v) is 5.37. The topological polar surface area (TPSA) is 84.5 Å². The highest BCUT2D eigenvalue weighted by Crippen LogP contribution is 2.21. The summed E-state index contributed by atoms with van der Waals surface area (Å²) in [5.41, 5.74) is 6.58. The maximum absolute atomic E-state index is 12.4. The Labute approximate surface area is 118 Å². The third kappa shape index (κ3) is 2.61. The Morgan fingerprint density at radius 1 is 1.35 bits per heavy atom. The lowest BCUT2D eigenvalue weighted by atomic mass is 9.95. The number of carbonyl (C=O) groups excluding carboxylic acids is 2. The van der Waals surface area contributed by atoms with E-state index in [0.29, 0.717) is 37.3 Å². The number of aromatic nitrogens is 2. The fraction of sp³-hybridized carbons (Fsp3) is 0.615. The molecule has 1 aliphatic heterocycles. The lowest BCUT2D eigenvalue weighted by Crippen LogP contribution is -2.43. The summed E-state index contributed by atoms with van der Waals surface area (Å²) in [6.45, 7) is 1.15. The van der Waals surface area contributed by atoms with Gasteiger partial charge in [-0.3, -0.25) is 14.3 Å². The molecule has 7 nitrogen and oxygen atoms in total. The monoisotopic (exact) mass is 279 g/mol. The Morgan fingerprint density at radius 2 is 1.95 bits per heavy atom. The number of aryl methyl sites for hydroxylation is 1. The quantitative estimate of drug-likeness (QED) is 0.822. The van der Waals surface area contributed by atoms with Crippen molar-refractivity contribution in [3.63, 3.8) is 0 Å². The standard InChI is InChI=1S/C13H21N5O2/c1-16(2)12(19)9-4-6-18(7-5-9)13(20)11-10(14)8-15-17(11)3/h8-9H,4-7,14H2,1-3H3. The summed E-state index contributed by atoms with van der Waals surface area (Å²) in [4.78, 5) is 27.7. The highest BCUT2D eigenvalue weighted by molar-refractivity contribution is 5.97. The fourth-order valence-electron chi connectivity index (χ4n) is 2.56. The van der Waals surface area contributed by atoms with Gasteiger partial charge in [-0.2, -0.15) is 5.10 Å². The number of carbonyl (C=O) groups is 2. The van der Waals surface area contributed by atoms with Crippen LogP contribution in [0.5, 0.6) is 0 Å². The zero-order valence-electron chi connectivity index (χ0n) is 12.2. The molecule has 1 saturated heterocycles. The number of hydrogen-bond donors (Lipinski definition) is 1. The van der Waals surface area contributed by atoms with Gasteiger partial charge in [0.15, 0.2) is 0 Å². The van der Waals surface area contributed by atoms with E-state index in [4.69, 9.17) is 5.73 Å². The molecule has 0 saturated carbocycles. The molecular formula is C13H21N5O2. The third-order valence-corrected chi connectivity index (χ3v) is 3.74. The zero-order chi connectivity index (χ0) is 14.9. The van der Waals surface area contributed by atoms with Gasteiger partial charge in [-0.15, -0.1) is 0 Å². The molecule has 2 amide bonds. The molecule has 2 N–H and O–H groups in total. The van der Waals surface area contributed by atoms with Gasteiger partial charge in [0.05, 0.1) is 11.9 Å². The molecular weight excluding hydrogens is 258 g/mol. The van der Waals surface area contributed by atoms with Gasteiger partial charge < -0.3 is 15.5 Å². The summed E-state index contributed by atoms with van der Waals surface area (Å²) in [5.74, 6) is 0.0355. The van der Waals surface area contributed by atoms with Gasteiger partial charge in [0.1, 0.15) is 5.69 Å². The van der Waals surface area contributed by atoms with Crippen LogP contribution in [0.1, 0.15) is 23.3 Å². The summed E-state index contributed by atoms with van der Waals surface area (Å²) < 4.78 is 1.49. The number of nitrogens with two attached hydrogens (primary N) is 1. The summed E-state index contributed by atoms with van der Waals surface area (Å²) in [6.07, 6.45) is 2.87. The first-order chi connectivity index (χ1) is 9.41. The van der Waals surface area contributed by atoms with Crippen LogP contribution in [0.3, 0.4) is 0 Å². The first kappa shape index (κ1) is 14.4. The number of nitrogen functional groups attached to an aromatic ring is 1. The first-order valence-corrected chi connectivity index (χ1v) is 6.69. The average molecular weight is 279 g/mol. The van der Waals surface area contributed by atoms with Gasteiger partial charge in [-0.05, 0) is 12.8 Å². The Morgan fingerprint density at radius 3 is 2.40 bits per heavy atom. The number of nitrogens with zero attached hydrogens (tertiary/aromatic N) is 4. The lowest BCUT2D eigenvalue weighted by Gasteiger charge is -2.32. The molecule has 0 aromatic carbocycles. The van der Waals surface area contributed by atoms with E-state index in [1.807, 2.05) is 0 Å². The number of rotatable bonds is 2. The molecule has 1 fully saturated rings. The van der Waals surface area contributed by atoms with Gasteiger partial charge in [0.25, 0.3) is 5.91 Å². The minimum absolute atomic E-state index is 0.0120. The van der Waals surface area contributed by atoms with E-state index >= 15 is 0 Å². The highest BCUT2D eigenvalue weighted by atomic mass is 16.2. The smallest absolute Gasteiger partial charge is 0.274 e. The van der Waals surface area contributed by atoms with E-state index in [2.05, 4.69) is 5.10 Å². The van der Waals surface area contributed by atoms with Crippen LogP contribution < -0.4 is 5.73 Å². The van der Waals surface area contributed by atoms with Crippen LogP contribution in [0.25, 0.3) is 0 Å². The predicted octanol–water partition coefficient (Wildman–Crippen LogP) is -0.0573. The molecule has 0 bridgehead atoms. The van der Waals surface area contributed by atoms with E-state index in [0.717, 1.165) is 0 Å². The largest absolute Gasteiger partial charge is 0.396 e. The second kappa shape index (κ2) is 5.52. The molecule has 2 heterocycles. The van der Waals surface area contributed by atoms with Crippen molar-refractivity contribution in [2.24, 2.45) is 13.0 Å². The van der Waals surface area contributed by atoms with E-state index in [-0.39, 0.29) is 17.7 Å². The molecule has 0 radical (unpaired) electrons. The predicted molar refractivity (Wildman–Crippen MR) is 74.9 cm³/mol. The normalized spacial score (nSPS) is 16.2. The van der Waals surface area contributed by atoms with Gasteiger partial charge in [0.2, 0.25) is 5.91 Å². The molecule has 0 aliphatic carbocycles. The molecule has 0 spiro atoms. The lowest BCUT2D eigenvalue weighted by molar-refractivity contribution is -0.134. The van der Waals surface area contributed by atoms with Crippen molar-refractivity contribution in [1.29, 1.82) is 0 Å². The van der Waals surface area contributed by atoms with E-state index in [1.165, 1.54) is 10.9 Å². The molecule has 2 rings (SSSR count). The molecule has 1 aliphatic rings. The summed E-state index contributed by atoms with van der Waals surface area (Å²) in [6, 6.07) is 0. The second-order valence-electron chi connectivity index (χ2n) is 5.37. The maximum atomic E-state index is 12.4. The summed E-state index contributed by atoms with van der Waals surface area (Å²) >= 11 is 0. The van der Waals surface area contributed by atoms with Gasteiger partial charge in [-0.1, -0.05) is 0 Å². The Hall–Kier alpha value is -2.05. The Kier molecular flexibility index (Phi) is 3.96. The summed E-state index contributed by atoms with van der Waals surface area (Å²) in [7, 11) is 5.22. The Balaban J connectivity index is 2.01. The van der Waals surface area contributed by atoms with Gasteiger partial charge in [0, 0.05) is 40.2 Å². The number of amides is 2. The number of likely N-dealkylation sites (tertiary alicyclic amines) is 1. The first-order valence-electron chi connectivity index (χ1n) is 6.69. The number of hydrogen-bond acceptors (Lipinski definition) is 4. The van der Waals surface area contributed by atoms with Crippen LogP contribution in [0.4, 0.5) is 5.69 Å². The molecule has 1 aromatic heterocycles. The summed E-state index contributed by atoms with van der Waals surface area (Å²) in [5, 5.41) is 3.98. The van der Waals surface area contributed by atoms with Crippen molar-refractivity contribution in [3.8, 4) is 0 Å². The van der Waals surface area contributed by atoms with Crippen LogP contribution in [0.2, 0.25) is 0 Å². The minimum atomic E-state index is -0.113. The van der Waals surface area contributed by atoms with Crippen LogP contribution in [0, 0.1) is 5.92 Å². The van der Waals surface area contributed by atoms with Crippen LogP contribution in [-0.4, -0.2) is 58.6 Å². The van der Waals surface area contributed by atoms with Gasteiger partial charge >= 0.3 is 0 Å². The number of piperidine rings is 1. The van der Waals surface area contributed by atoms with Crippen LogP contribution in [-0.2, 0) is 11.8 Å². The van der Waals surface area contributed by atoms with Crippen molar-refractivity contribution in [2.75, 3.05) is 32.9 Å². The maximum Gasteiger partial charge on any atom is 0.274 e. The van der Waals surface area contributed by atoms with Crippen molar-refractivity contribution < 1.29 is 9.59 Å². The molecule has 110 valence electrons. The molecule has 1 aromatic rings. The molecule has 0 unspecified atom stereocenters. The van der Waals surface area contributed by atoms with Crippen molar-refractivity contribution in [1.82, 2.24) is 19.6 Å². The van der Waals surface area contributed by atoms with E-state index < -0.39 is 0 Å². The van der Waals surface area contributed by atoms with Crippen LogP contribution in [0.15, 0.2) is 6.20 Å². The fourth-order valence-corrected chi connectivity index (χ4v) is 2.56. The van der Waals surface area contributed by atoms with Crippen molar-refractivity contribution in [2.45, 2.75) is 12.8 Å². The van der Waals surface area contributed by atoms with Crippen molar-refractivity contribution >= 4 is 17.5 Å². The SMILES string of the molecule is CN(C)C(=O)C1CCN(C(=O)c2c(N)cnn2C)CC1. The third-order valence-electron chi connectivity index (χ3n) is 3.74. The van der Waals surface area contributed by atoms with Crippen LogP contribution >= 0.6 is 0 Å². The van der Waals surface area contributed by atoms with E-state index in [1.54, 1.807) is 30.9 Å². The zero-order valence-corrected chi connectivity index (χ0v) is 12.2. The molecule has 7 heteroatoms. The highest BCUT2D eigenvalue weighted by Gasteiger charge is 2.30. The minimum Gasteiger partial charge on any atom is -0.396 e. The van der Waals surface area contributed by atoms with Gasteiger partial charge in [-0.25, -0.2) is 0 Å². The molecule has 20 heavy (non-hydrogen) atoms. The molecule has 0 atom stereocenters. The average Bonchev–Trinajstić information content (AvgIpc) is 2.76. The Bertz CT molecular complexity index is 495. The van der Waals surface area contributed by atoms with Crippen molar-refractivity contribution in [3.05, 3.63) is 11.9 Å². The number of anilines is 1. The van der Waals surface area contributed by atoms with E-state index in [9.17, 15) is 9.59 Å².